The summed E-state index contributed by atoms with van der Waals surface area (Å²) >= 11 is 0. The van der Waals surface area contributed by atoms with Crippen LogP contribution in [-0.2, 0) is 4.79 Å². The lowest BCUT2D eigenvalue weighted by Crippen LogP contribution is -2.42. The van der Waals surface area contributed by atoms with Crippen LogP contribution in [0, 0.1) is 12.3 Å². The topological polar surface area (TPSA) is 45.2 Å². The average molecular weight is 245 g/mol. The maximum atomic E-state index is 12.6. The van der Waals surface area contributed by atoms with E-state index in [1.807, 2.05) is 30.2 Å². The number of amides is 1. The fourth-order valence-corrected chi connectivity index (χ4v) is 3.06. The Morgan fingerprint density at radius 1 is 1.28 bits per heavy atom. The second-order valence-electron chi connectivity index (χ2n) is 5.39. The Hall–Kier alpha value is -1.42. The van der Waals surface area contributed by atoms with Crippen molar-refractivity contribution in [3.05, 3.63) is 24.0 Å². The number of nitrogens with one attached hydrogen (secondary N) is 1. The molecular formula is C14H19N3O. The van der Waals surface area contributed by atoms with Gasteiger partial charge < -0.3 is 10.2 Å². The van der Waals surface area contributed by atoms with Gasteiger partial charge in [0.2, 0.25) is 5.91 Å². The van der Waals surface area contributed by atoms with Crippen LogP contribution >= 0.6 is 0 Å². The molecule has 0 radical (unpaired) electrons. The maximum Gasteiger partial charge on any atom is 0.233 e. The summed E-state index contributed by atoms with van der Waals surface area (Å²) in [5, 5.41) is 3.34. The van der Waals surface area contributed by atoms with Crippen molar-refractivity contribution in [2.45, 2.75) is 26.2 Å². The van der Waals surface area contributed by atoms with Gasteiger partial charge in [0.05, 0.1) is 17.3 Å². The third-order valence-corrected chi connectivity index (χ3v) is 4.28. The first kappa shape index (κ1) is 11.7. The van der Waals surface area contributed by atoms with Crippen LogP contribution in [0.4, 0.5) is 5.69 Å². The van der Waals surface area contributed by atoms with E-state index in [0.717, 1.165) is 50.3 Å². The van der Waals surface area contributed by atoms with Crippen molar-refractivity contribution in [2.75, 3.05) is 24.5 Å². The van der Waals surface area contributed by atoms with Crippen molar-refractivity contribution in [1.82, 2.24) is 10.3 Å². The van der Waals surface area contributed by atoms with Crippen LogP contribution in [0.3, 0.4) is 0 Å². The molecule has 2 aliphatic heterocycles. The van der Waals surface area contributed by atoms with E-state index < -0.39 is 0 Å². The zero-order valence-electron chi connectivity index (χ0n) is 10.8. The second-order valence-corrected chi connectivity index (χ2v) is 5.39. The van der Waals surface area contributed by atoms with E-state index in [9.17, 15) is 4.79 Å². The van der Waals surface area contributed by atoms with Crippen molar-refractivity contribution in [3.63, 3.8) is 0 Å². The monoisotopic (exact) mass is 245 g/mol. The van der Waals surface area contributed by atoms with Crippen molar-refractivity contribution < 1.29 is 4.79 Å². The van der Waals surface area contributed by atoms with Crippen LogP contribution in [0.5, 0.6) is 0 Å². The number of piperidine rings is 1. The number of carbonyl (C=O) groups excluding carboxylic acids is 1. The fourth-order valence-electron chi connectivity index (χ4n) is 3.06. The maximum absolute atomic E-state index is 12.6. The largest absolute Gasteiger partial charge is 0.317 e. The fraction of sp³-hybridized carbons (Fsp3) is 0.571. The number of anilines is 1. The van der Waals surface area contributed by atoms with E-state index in [1.165, 1.54) is 0 Å². The van der Waals surface area contributed by atoms with Crippen molar-refractivity contribution in [1.29, 1.82) is 0 Å². The van der Waals surface area contributed by atoms with Crippen LogP contribution in [0.2, 0.25) is 0 Å². The molecule has 3 rings (SSSR count). The van der Waals surface area contributed by atoms with E-state index in [-0.39, 0.29) is 5.41 Å². The second kappa shape index (κ2) is 4.35. The third kappa shape index (κ3) is 1.81. The van der Waals surface area contributed by atoms with Gasteiger partial charge in [0.1, 0.15) is 0 Å². The molecule has 0 unspecified atom stereocenters. The van der Waals surface area contributed by atoms with Gasteiger partial charge in [-0.3, -0.25) is 9.78 Å². The van der Waals surface area contributed by atoms with Gasteiger partial charge in [0.15, 0.2) is 0 Å². The minimum Gasteiger partial charge on any atom is -0.317 e. The van der Waals surface area contributed by atoms with Gasteiger partial charge in [-0.05, 0) is 51.4 Å². The standard InChI is InChI=1S/C14H19N3O/c1-11-2-3-12(10-16-11)17-9-6-14(13(17)18)4-7-15-8-5-14/h2-3,10,15H,4-9H2,1H3. The number of nitrogens with zero attached hydrogens (tertiary/aromatic N) is 2. The van der Waals surface area contributed by atoms with Crippen molar-refractivity contribution in [3.8, 4) is 0 Å². The highest BCUT2D eigenvalue weighted by atomic mass is 16.2. The summed E-state index contributed by atoms with van der Waals surface area (Å²) in [6.45, 7) is 4.73. The van der Waals surface area contributed by atoms with Crippen molar-refractivity contribution in [2.24, 2.45) is 5.41 Å². The molecule has 2 saturated heterocycles. The molecule has 0 saturated carbocycles. The molecule has 2 fully saturated rings. The number of hydrogen-bond donors (Lipinski definition) is 1. The van der Waals surface area contributed by atoms with Gasteiger partial charge in [-0.2, -0.15) is 0 Å². The summed E-state index contributed by atoms with van der Waals surface area (Å²) < 4.78 is 0. The molecule has 96 valence electrons. The molecule has 4 heteroatoms. The van der Waals surface area contributed by atoms with E-state index in [4.69, 9.17) is 0 Å². The van der Waals surface area contributed by atoms with Crippen LogP contribution in [0.1, 0.15) is 25.0 Å². The molecular weight excluding hydrogens is 226 g/mol. The van der Waals surface area contributed by atoms with Gasteiger partial charge in [-0.25, -0.2) is 0 Å². The highest BCUT2D eigenvalue weighted by Gasteiger charge is 2.47. The summed E-state index contributed by atoms with van der Waals surface area (Å²) in [5.74, 6) is 0.301. The Balaban J connectivity index is 1.83. The van der Waals surface area contributed by atoms with E-state index in [1.54, 1.807) is 0 Å². The smallest absolute Gasteiger partial charge is 0.233 e. The zero-order valence-corrected chi connectivity index (χ0v) is 10.8. The number of aromatic nitrogens is 1. The molecule has 1 N–H and O–H groups in total. The van der Waals surface area contributed by atoms with Gasteiger partial charge >= 0.3 is 0 Å². The Kier molecular flexibility index (Phi) is 2.82. The highest BCUT2D eigenvalue weighted by Crippen LogP contribution is 2.41. The molecule has 1 aromatic heterocycles. The molecule has 18 heavy (non-hydrogen) atoms. The van der Waals surface area contributed by atoms with Crippen LogP contribution in [0.15, 0.2) is 18.3 Å². The Morgan fingerprint density at radius 3 is 2.72 bits per heavy atom. The van der Waals surface area contributed by atoms with E-state index in [2.05, 4.69) is 10.3 Å². The number of hydrogen-bond acceptors (Lipinski definition) is 3. The lowest BCUT2D eigenvalue weighted by atomic mass is 9.78. The molecule has 1 spiro atoms. The van der Waals surface area contributed by atoms with Crippen LogP contribution < -0.4 is 10.2 Å². The van der Waals surface area contributed by atoms with Crippen molar-refractivity contribution >= 4 is 11.6 Å². The van der Waals surface area contributed by atoms with Gasteiger partial charge in [0, 0.05) is 12.2 Å². The SMILES string of the molecule is Cc1ccc(N2CCC3(CCNCC3)C2=O)cn1. The predicted molar refractivity (Wildman–Crippen MR) is 70.5 cm³/mol. The molecule has 2 aliphatic rings. The third-order valence-electron chi connectivity index (χ3n) is 4.28. The molecule has 0 aliphatic carbocycles. The molecule has 0 atom stereocenters. The van der Waals surface area contributed by atoms with E-state index in [0.29, 0.717) is 5.91 Å². The Morgan fingerprint density at radius 2 is 2.06 bits per heavy atom. The summed E-state index contributed by atoms with van der Waals surface area (Å²) in [5.41, 5.74) is 1.83. The number of pyridine rings is 1. The normalized spacial score (nSPS) is 22.7. The number of carbonyl (C=O) groups is 1. The van der Waals surface area contributed by atoms with Gasteiger partial charge in [-0.15, -0.1) is 0 Å². The number of rotatable bonds is 1. The molecule has 1 aromatic rings. The minimum absolute atomic E-state index is 0.101. The summed E-state index contributed by atoms with van der Waals surface area (Å²) in [6, 6.07) is 3.97. The predicted octanol–water partition coefficient (Wildman–Crippen LogP) is 1.50. The average Bonchev–Trinajstić information content (AvgIpc) is 2.70. The highest BCUT2D eigenvalue weighted by molar-refractivity contribution is 5.99. The summed E-state index contributed by atoms with van der Waals surface area (Å²) in [6.07, 6.45) is 4.75. The lowest BCUT2D eigenvalue weighted by Gasteiger charge is -2.32. The Labute approximate surface area is 107 Å². The minimum atomic E-state index is -0.101. The molecule has 1 amide bonds. The Bertz CT molecular complexity index is 449. The molecule has 0 bridgehead atoms. The van der Waals surface area contributed by atoms with E-state index >= 15 is 0 Å². The molecule has 3 heterocycles. The van der Waals surface area contributed by atoms with Gasteiger partial charge in [-0.1, -0.05) is 0 Å². The molecule has 4 nitrogen and oxygen atoms in total. The first-order valence-corrected chi connectivity index (χ1v) is 6.67. The van der Waals surface area contributed by atoms with Crippen LogP contribution in [-0.4, -0.2) is 30.5 Å². The van der Waals surface area contributed by atoms with Gasteiger partial charge in [0.25, 0.3) is 0 Å². The molecule has 0 aromatic carbocycles. The first-order valence-electron chi connectivity index (χ1n) is 6.67. The first-order chi connectivity index (χ1) is 8.71. The van der Waals surface area contributed by atoms with Crippen LogP contribution in [0.25, 0.3) is 0 Å². The summed E-state index contributed by atoms with van der Waals surface area (Å²) in [4.78, 5) is 18.8. The number of aryl methyl sites for hydroxylation is 1. The lowest BCUT2D eigenvalue weighted by molar-refractivity contribution is -0.126. The summed E-state index contributed by atoms with van der Waals surface area (Å²) in [7, 11) is 0. The quantitative estimate of drug-likeness (QED) is 0.815. The zero-order chi connectivity index (χ0) is 12.6.